The second-order valence-electron chi connectivity index (χ2n) is 6.91. The zero-order valence-electron chi connectivity index (χ0n) is 13.6. The predicted molar refractivity (Wildman–Crippen MR) is 84.1 cm³/mol. The molecular weight excluding hydrogens is 264 g/mol. The van der Waals surface area contributed by atoms with Crippen molar-refractivity contribution in [1.82, 2.24) is 10.2 Å². The number of hydrogen-bond acceptors (Lipinski definition) is 3. The highest BCUT2D eigenvalue weighted by atomic mass is 16.5. The molecule has 1 aromatic carbocycles. The van der Waals surface area contributed by atoms with Crippen molar-refractivity contribution in [2.24, 2.45) is 5.41 Å². The molecule has 1 heterocycles. The van der Waals surface area contributed by atoms with Gasteiger partial charge in [0.15, 0.2) is 0 Å². The monoisotopic (exact) mass is 290 g/mol. The summed E-state index contributed by atoms with van der Waals surface area (Å²) in [6.45, 7) is 9.30. The highest BCUT2D eigenvalue weighted by Crippen LogP contribution is 2.29. The first-order valence-electron chi connectivity index (χ1n) is 7.52. The SMILES string of the molecule is COc1ccc(C2NC(C)C(=O)N2CCC(C)(C)C)cc1. The van der Waals surface area contributed by atoms with E-state index in [0.29, 0.717) is 0 Å². The van der Waals surface area contributed by atoms with Crippen molar-refractivity contribution in [1.29, 1.82) is 0 Å². The van der Waals surface area contributed by atoms with Crippen LogP contribution in [0.5, 0.6) is 5.75 Å². The average molecular weight is 290 g/mol. The Hall–Kier alpha value is -1.55. The van der Waals surface area contributed by atoms with Crippen LogP contribution < -0.4 is 10.1 Å². The van der Waals surface area contributed by atoms with Gasteiger partial charge in [0, 0.05) is 6.54 Å². The third-order valence-electron chi connectivity index (χ3n) is 3.91. The molecule has 116 valence electrons. The van der Waals surface area contributed by atoms with E-state index in [4.69, 9.17) is 4.74 Å². The van der Waals surface area contributed by atoms with Gasteiger partial charge in [-0.15, -0.1) is 0 Å². The minimum atomic E-state index is -0.128. The minimum absolute atomic E-state index is 0.0410. The van der Waals surface area contributed by atoms with E-state index in [0.717, 1.165) is 24.3 Å². The molecule has 1 fully saturated rings. The molecule has 0 spiro atoms. The number of rotatable bonds is 4. The number of ether oxygens (including phenoxy) is 1. The van der Waals surface area contributed by atoms with E-state index in [1.165, 1.54) is 0 Å². The normalized spacial score (nSPS) is 22.7. The predicted octanol–water partition coefficient (Wildman–Crippen LogP) is 2.95. The lowest BCUT2D eigenvalue weighted by molar-refractivity contribution is -0.130. The molecule has 1 N–H and O–H groups in total. The van der Waals surface area contributed by atoms with Crippen molar-refractivity contribution in [2.75, 3.05) is 13.7 Å². The first-order chi connectivity index (χ1) is 9.81. The van der Waals surface area contributed by atoms with Crippen LogP contribution >= 0.6 is 0 Å². The van der Waals surface area contributed by atoms with Gasteiger partial charge in [0.25, 0.3) is 0 Å². The van der Waals surface area contributed by atoms with Gasteiger partial charge < -0.3 is 9.64 Å². The molecule has 1 aromatic rings. The third-order valence-corrected chi connectivity index (χ3v) is 3.91. The van der Waals surface area contributed by atoms with Crippen LogP contribution in [0.25, 0.3) is 0 Å². The fraction of sp³-hybridized carbons (Fsp3) is 0.588. The van der Waals surface area contributed by atoms with Gasteiger partial charge in [-0.3, -0.25) is 10.1 Å². The Bertz CT molecular complexity index is 491. The molecule has 0 radical (unpaired) electrons. The molecule has 0 aliphatic carbocycles. The Morgan fingerprint density at radius 3 is 2.38 bits per heavy atom. The van der Waals surface area contributed by atoms with Crippen molar-refractivity contribution >= 4 is 5.91 Å². The average Bonchev–Trinajstić information content (AvgIpc) is 2.72. The standard InChI is InChI=1S/C17H26N2O2/c1-12-16(20)19(11-10-17(2,3)4)15(18-12)13-6-8-14(21-5)9-7-13/h6-9,12,15,18H,10-11H2,1-5H3. The van der Waals surface area contributed by atoms with E-state index < -0.39 is 0 Å². The maximum Gasteiger partial charge on any atom is 0.241 e. The molecule has 0 aromatic heterocycles. The highest BCUT2D eigenvalue weighted by Gasteiger charge is 2.37. The van der Waals surface area contributed by atoms with Gasteiger partial charge in [0.2, 0.25) is 5.91 Å². The summed E-state index contributed by atoms with van der Waals surface area (Å²) in [5.74, 6) is 1.01. The van der Waals surface area contributed by atoms with Crippen molar-refractivity contribution in [3.8, 4) is 5.75 Å². The number of carbonyl (C=O) groups is 1. The largest absolute Gasteiger partial charge is 0.497 e. The number of nitrogens with zero attached hydrogens (tertiary/aromatic N) is 1. The lowest BCUT2D eigenvalue weighted by atomic mass is 9.92. The molecule has 2 rings (SSSR count). The summed E-state index contributed by atoms with van der Waals surface area (Å²) in [4.78, 5) is 14.3. The molecule has 1 aliphatic rings. The topological polar surface area (TPSA) is 41.6 Å². The molecule has 4 nitrogen and oxygen atoms in total. The number of benzene rings is 1. The second-order valence-corrected chi connectivity index (χ2v) is 6.91. The number of amides is 1. The quantitative estimate of drug-likeness (QED) is 0.927. The van der Waals surface area contributed by atoms with E-state index in [1.54, 1.807) is 7.11 Å². The molecule has 1 saturated heterocycles. The van der Waals surface area contributed by atoms with E-state index in [9.17, 15) is 4.79 Å². The molecule has 21 heavy (non-hydrogen) atoms. The molecule has 2 atom stereocenters. The summed E-state index contributed by atoms with van der Waals surface area (Å²) in [7, 11) is 1.66. The Morgan fingerprint density at radius 1 is 1.24 bits per heavy atom. The number of hydrogen-bond donors (Lipinski definition) is 1. The van der Waals surface area contributed by atoms with Gasteiger partial charge in [-0.05, 0) is 36.5 Å². The summed E-state index contributed by atoms with van der Waals surface area (Å²) in [6, 6.07) is 7.79. The van der Waals surface area contributed by atoms with Crippen molar-refractivity contribution < 1.29 is 9.53 Å². The lowest BCUT2D eigenvalue weighted by Gasteiger charge is -2.28. The van der Waals surface area contributed by atoms with Gasteiger partial charge >= 0.3 is 0 Å². The van der Waals surface area contributed by atoms with Gasteiger partial charge in [0.05, 0.1) is 13.2 Å². The maximum absolute atomic E-state index is 12.4. The second kappa shape index (κ2) is 6.06. The number of methoxy groups -OCH3 is 1. The molecule has 0 bridgehead atoms. The van der Waals surface area contributed by atoms with Gasteiger partial charge in [-0.2, -0.15) is 0 Å². The molecule has 0 saturated carbocycles. The summed E-state index contributed by atoms with van der Waals surface area (Å²) >= 11 is 0. The third kappa shape index (κ3) is 3.76. The zero-order chi connectivity index (χ0) is 15.6. The first-order valence-corrected chi connectivity index (χ1v) is 7.52. The Balaban J connectivity index is 2.16. The van der Waals surface area contributed by atoms with Crippen LogP contribution in [0.2, 0.25) is 0 Å². The summed E-state index contributed by atoms with van der Waals surface area (Å²) in [5, 5.41) is 3.38. The van der Waals surface area contributed by atoms with E-state index in [-0.39, 0.29) is 23.5 Å². The van der Waals surface area contributed by atoms with Crippen LogP contribution in [-0.2, 0) is 4.79 Å². The van der Waals surface area contributed by atoms with Crippen LogP contribution in [0.15, 0.2) is 24.3 Å². The minimum Gasteiger partial charge on any atom is -0.497 e. The van der Waals surface area contributed by atoms with E-state index in [1.807, 2.05) is 36.1 Å². The Morgan fingerprint density at radius 2 is 1.86 bits per heavy atom. The lowest BCUT2D eigenvalue weighted by Crippen LogP contribution is -2.33. The van der Waals surface area contributed by atoms with Crippen LogP contribution in [0.1, 0.15) is 45.8 Å². The molecule has 1 aliphatic heterocycles. The molecular formula is C17H26N2O2. The van der Waals surface area contributed by atoms with Gasteiger partial charge in [-0.1, -0.05) is 32.9 Å². The number of carbonyl (C=O) groups excluding carboxylic acids is 1. The zero-order valence-corrected chi connectivity index (χ0v) is 13.6. The van der Waals surface area contributed by atoms with Crippen LogP contribution in [0, 0.1) is 5.41 Å². The van der Waals surface area contributed by atoms with Crippen LogP contribution in [-0.4, -0.2) is 30.5 Å². The summed E-state index contributed by atoms with van der Waals surface area (Å²) < 4.78 is 5.19. The van der Waals surface area contributed by atoms with Crippen molar-refractivity contribution in [3.05, 3.63) is 29.8 Å². The van der Waals surface area contributed by atoms with Crippen LogP contribution in [0.4, 0.5) is 0 Å². The van der Waals surface area contributed by atoms with Crippen molar-refractivity contribution in [2.45, 2.75) is 46.3 Å². The number of nitrogens with one attached hydrogen (secondary N) is 1. The highest BCUT2D eigenvalue weighted by molar-refractivity contribution is 5.84. The fourth-order valence-corrected chi connectivity index (χ4v) is 2.53. The maximum atomic E-state index is 12.4. The van der Waals surface area contributed by atoms with Gasteiger partial charge in [0.1, 0.15) is 11.9 Å². The Labute approximate surface area is 127 Å². The van der Waals surface area contributed by atoms with Crippen molar-refractivity contribution in [3.63, 3.8) is 0 Å². The Kier molecular flexibility index (Phi) is 4.57. The first kappa shape index (κ1) is 15.8. The smallest absolute Gasteiger partial charge is 0.241 e. The summed E-state index contributed by atoms with van der Waals surface area (Å²) in [6.07, 6.45) is 0.945. The fourth-order valence-electron chi connectivity index (χ4n) is 2.53. The summed E-state index contributed by atoms with van der Waals surface area (Å²) in [5.41, 5.74) is 1.32. The van der Waals surface area contributed by atoms with Gasteiger partial charge in [-0.25, -0.2) is 0 Å². The van der Waals surface area contributed by atoms with E-state index in [2.05, 4.69) is 26.1 Å². The van der Waals surface area contributed by atoms with E-state index >= 15 is 0 Å². The molecule has 1 amide bonds. The van der Waals surface area contributed by atoms with Crippen LogP contribution in [0.3, 0.4) is 0 Å². The molecule has 4 heteroatoms. The molecule has 2 unspecified atom stereocenters.